The predicted molar refractivity (Wildman–Crippen MR) is 125 cm³/mol. The van der Waals surface area contributed by atoms with Crippen molar-refractivity contribution >= 4 is 21.9 Å². The topological polar surface area (TPSA) is 96.0 Å². The minimum Gasteiger partial charge on any atom is -0.462 e. The lowest BCUT2D eigenvalue weighted by molar-refractivity contribution is -0.123. The third-order valence-corrected chi connectivity index (χ3v) is 7.65. The highest BCUT2D eigenvalue weighted by molar-refractivity contribution is 7.89. The van der Waals surface area contributed by atoms with E-state index in [1.807, 2.05) is 43.0 Å². The summed E-state index contributed by atoms with van der Waals surface area (Å²) in [5, 5.41) is 3.02. The van der Waals surface area contributed by atoms with Crippen LogP contribution in [0.4, 0.5) is 0 Å². The molecule has 1 N–H and O–H groups in total. The van der Waals surface area contributed by atoms with E-state index in [0.717, 1.165) is 11.1 Å². The Bertz CT molecular complexity index is 1080. The van der Waals surface area contributed by atoms with Crippen LogP contribution in [-0.4, -0.2) is 68.8 Å². The molecule has 33 heavy (non-hydrogen) atoms. The molecule has 1 heterocycles. The normalized spacial score (nSPS) is 16.2. The number of carbonyl (C=O) groups is 2. The van der Waals surface area contributed by atoms with E-state index in [9.17, 15) is 18.0 Å². The zero-order valence-electron chi connectivity index (χ0n) is 19.3. The van der Waals surface area contributed by atoms with Gasteiger partial charge in [-0.2, -0.15) is 4.31 Å². The molecule has 178 valence electrons. The highest BCUT2D eigenvalue weighted by Crippen LogP contribution is 2.19. The fourth-order valence-electron chi connectivity index (χ4n) is 3.90. The number of amides is 1. The van der Waals surface area contributed by atoms with Gasteiger partial charge in [0, 0.05) is 26.2 Å². The summed E-state index contributed by atoms with van der Waals surface area (Å²) in [7, 11) is -3.67. The van der Waals surface area contributed by atoms with E-state index in [2.05, 4.69) is 5.32 Å². The van der Waals surface area contributed by atoms with E-state index in [1.165, 1.54) is 28.6 Å². The average Bonchev–Trinajstić information content (AvgIpc) is 2.80. The number of hydrogen-bond acceptors (Lipinski definition) is 6. The second-order valence-electron chi connectivity index (χ2n) is 8.07. The molecule has 2 aromatic carbocycles. The number of benzene rings is 2. The molecule has 1 atom stereocenters. The lowest BCUT2D eigenvalue weighted by atomic mass is 10.0. The van der Waals surface area contributed by atoms with Crippen LogP contribution < -0.4 is 5.32 Å². The van der Waals surface area contributed by atoms with Gasteiger partial charge in [0.25, 0.3) is 0 Å². The number of piperazine rings is 1. The third-order valence-electron chi connectivity index (χ3n) is 5.73. The van der Waals surface area contributed by atoms with Crippen molar-refractivity contribution in [3.05, 3.63) is 65.2 Å². The summed E-state index contributed by atoms with van der Waals surface area (Å²) in [5.74, 6) is -0.568. The number of carbonyl (C=O) groups excluding carboxylic acids is 2. The summed E-state index contributed by atoms with van der Waals surface area (Å²) >= 11 is 0. The van der Waals surface area contributed by atoms with Gasteiger partial charge in [-0.15, -0.1) is 0 Å². The molecule has 0 aromatic heterocycles. The molecule has 8 nitrogen and oxygen atoms in total. The van der Waals surface area contributed by atoms with E-state index in [4.69, 9.17) is 4.74 Å². The number of nitrogens with one attached hydrogen (secondary N) is 1. The van der Waals surface area contributed by atoms with E-state index < -0.39 is 16.0 Å². The van der Waals surface area contributed by atoms with Crippen LogP contribution in [0.2, 0.25) is 0 Å². The molecule has 1 aliphatic rings. The minimum absolute atomic E-state index is 0.0865. The van der Waals surface area contributed by atoms with Crippen molar-refractivity contribution in [2.24, 2.45) is 0 Å². The van der Waals surface area contributed by atoms with Gasteiger partial charge in [0.2, 0.25) is 15.9 Å². The molecule has 1 saturated heterocycles. The first-order valence-corrected chi connectivity index (χ1v) is 12.5. The van der Waals surface area contributed by atoms with Crippen LogP contribution in [-0.2, 0) is 19.6 Å². The summed E-state index contributed by atoms with van der Waals surface area (Å²) < 4.78 is 32.3. The number of esters is 1. The Hall–Kier alpha value is -2.75. The molecule has 3 rings (SSSR count). The quantitative estimate of drug-likeness (QED) is 0.592. The Labute approximate surface area is 195 Å². The highest BCUT2D eigenvalue weighted by Gasteiger charge is 2.29. The van der Waals surface area contributed by atoms with E-state index >= 15 is 0 Å². The number of nitrogens with zero attached hydrogens (tertiary/aromatic N) is 2. The molecule has 1 aliphatic heterocycles. The van der Waals surface area contributed by atoms with Crippen LogP contribution in [0.3, 0.4) is 0 Å². The lowest BCUT2D eigenvalue weighted by Gasteiger charge is -2.33. The smallest absolute Gasteiger partial charge is 0.338 e. The van der Waals surface area contributed by atoms with Crippen molar-refractivity contribution in [1.29, 1.82) is 0 Å². The van der Waals surface area contributed by atoms with Crippen molar-refractivity contribution in [2.45, 2.75) is 31.7 Å². The van der Waals surface area contributed by atoms with Crippen LogP contribution >= 0.6 is 0 Å². The third kappa shape index (κ3) is 6.19. The Balaban J connectivity index is 1.53. The second kappa shape index (κ2) is 10.9. The van der Waals surface area contributed by atoms with Crippen LogP contribution in [0.1, 0.15) is 41.4 Å². The van der Waals surface area contributed by atoms with Crippen molar-refractivity contribution in [1.82, 2.24) is 14.5 Å². The van der Waals surface area contributed by atoms with Crippen LogP contribution in [0.5, 0.6) is 0 Å². The van der Waals surface area contributed by atoms with Crippen molar-refractivity contribution in [3.8, 4) is 0 Å². The Morgan fingerprint density at radius 1 is 1.03 bits per heavy atom. The summed E-state index contributed by atoms with van der Waals surface area (Å²) in [4.78, 5) is 26.4. The van der Waals surface area contributed by atoms with E-state index in [-0.39, 0.29) is 30.0 Å². The van der Waals surface area contributed by atoms with Gasteiger partial charge in [0.15, 0.2) is 0 Å². The Morgan fingerprint density at radius 3 is 2.27 bits per heavy atom. The summed E-state index contributed by atoms with van der Waals surface area (Å²) in [5.41, 5.74) is 2.52. The van der Waals surface area contributed by atoms with Gasteiger partial charge < -0.3 is 10.1 Å². The maximum atomic E-state index is 13.0. The first kappa shape index (κ1) is 24.9. The number of ether oxygens (including phenoxy) is 1. The van der Waals surface area contributed by atoms with Gasteiger partial charge in [0.1, 0.15) is 0 Å². The van der Waals surface area contributed by atoms with Gasteiger partial charge >= 0.3 is 5.97 Å². The first-order chi connectivity index (χ1) is 15.7. The van der Waals surface area contributed by atoms with E-state index in [1.54, 1.807) is 6.92 Å². The zero-order valence-corrected chi connectivity index (χ0v) is 20.1. The number of hydrogen-bond donors (Lipinski definition) is 1. The largest absolute Gasteiger partial charge is 0.462 e. The molecule has 0 radical (unpaired) electrons. The summed E-state index contributed by atoms with van der Waals surface area (Å²) in [6.45, 7) is 7.68. The van der Waals surface area contributed by atoms with Crippen molar-refractivity contribution < 1.29 is 22.7 Å². The molecule has 1 fully saturated rings. The standard InChI is InChI=1S/C24H31N3O5S/c1-4-32-24(29)20-9-11-21(12-10-20)33(30,31)27-15-13-26(14-16-27)17-23(28)25-19(3)22-8-6-5-7-18(22)2/h5-12,19H,4,13-17H2,1-3H3,(H,25,28)/t19-/m1/s1. The first-order valence-electron chi connectivity index (χ1n) is 11.1. The summed E-state index contributed by atoms with van der Waals surface area (Å²) in [6.07, 6.45) is 0. The zero-order chi connectivity index (χ0) is 24.0. The molecular formula is C24H31N3O5S. The van der Waals surface area contributed by atoms with Gasteiger partial charge in [-0.05, 0) is 56.2 Å². The molecule has 2 aromatic rings. The van der Waals surface area contributed by atoms with Crippen molar-refractivity contribution in [3.63, 3.8) is 0 Å². The number of rotatable bonds is 8. The number of sulfonamides is 1. The molecule has 0 spiro atoms. The van der Waals surface area contributed by atoms with Crippen molar-refractivity contribution in [2.75, 3.05) is 39.3 Å². The number of aryl methyl sites for hydroxylation is 1. The SMILES string of the molecule is CCOC(=O)c1ccc(S(=O)(=O)N2CCN(CC(=O)N[C@H](C)c3ccccc3C)CC2)cc1. The fourth-order valence-corrected chi connectivity index (χ4v) is 5.32. The fraction of sp³-hybridized carbons (Fsp3) is 0.417. The minimum atomic E-state index is -3.67. The maximum Gasteiger partial charge on any atom is 0.338 e. The Kier molecular flexibility index (Phi) is 8.23. The summed E-state index contributed by atoms with van der Waals surface area (Å²) in [6, 6.07) is 13.6. The average molecular weight is 474 g/mol. The predicted octanol–water partition coefficient (Wildman–Crippen LogP) is 2.36. The van der Waals surface area contributed by atoms with E-state index in [0.29, 0.717) is 31.7 Å². The molecule has 0 bridgehead atoms. The molecule has 9 heteroatoms. The second-order valence-corrected chi connectivity index (χ2v) is 10.0. The van der Waals surface area contributed by atoms with Gasteiger partial charge in [-0.1, -0.05) is 24.3 Å². The van der Waals surface area contributed by atoms with Gasteiger partial charge in [-0.3, -0.25) is 9.69 Å². The monoisotopic (exact) mass is 473 g/mol. The van der Waals surface area contributed by atoms with Gasteiger partial charge in [0.05, 0.1) is 29.7 Å². The Morgan fingerprint density at radius 2 is 1.67 bits per heavy atom. The lowest BCUT2D eigenvalue weighted by Crippen LogP contribution is -2.51. The van der Waals surface area contributed by atoms with Crippen LogP contribution in [0, 0.1) is 6.92 Å². The molecule has 0 unspecified atom stereocenters. The molecule has 1 amide bonds. The van der Waals surface area contributed by atoms with Gasteiger partial charge in [-0.25, -0.2) is 13.2 Å². The maximum absolute atomic E-state index is 13.0. The van der Waals surface area contributed by atoms with Crippen LogP contribution in [0.15, 0.2) is 53.4 Å². The highest BCUT2D eigenvalue weighted by atomic mass is 32.2. The molecule has 0 aliphatic carbocycles. The molecule has 0 saturated carbocycles. The molecular weight excluding hydrogens is 442 g/mol. The van der Waals surface area contributed by atoms with Crippen LogP contribution in [0.25, 0.3) is 0 Å².